The Morgan fingerprint density at radius 3 is 2.54 bits per heavy atom. The lowest BCUT2D eigenvalue weighted by atomic mass is 10.0. The Kier molecular flexibility index (Phi) is 6.18. The molecule has 0 saturated carbocycles. The van der Waals surface area contributed by atoms with Gasteiger partial charge in [-0.25, -0.2) is 4.39 Å². The van der Waals surface area contributed by atoms with Crippen molar-refractivity contribution in [1.82, 2.24) is 19.7 Å². The Labute approximate surface area is 167 Å². The van der Waals surface area contributed by atoms with E-state index in [9.17, 15) is 14.3 Å². The molecule has 3 aromatic rings. The van der Waals surface area contributed by atoms with Crippen molar-refractivity contribution in [3.63, 3.8) is 0 Å². The van der Waals surface area contributed by atoms with Crippen LogP contribution in [0.4, 0.5) is 4.39 Å². The van der Waals surface area contributed by atoms with Gasteiger partial charge in [-0.2, -0.15) is 0 Å². The smallest absolute Gasteiger partial charge is 0.198 e. The summed E-state index contributed by atoms with van der Waals surface area (Å²) in [5, 5.41) is 18.2. The average molecular weight is 403 g/mol. The van der Waals surface area contributed by atoms with Gasteiger partial charge in [-0.15, -0.1) is 10.2 Å². The predicted molar refractivity (Wildman–Crippen MR) is 104 cm³/mol. The summed E-state index contributed by atoms with van der Waals surface area (Å²) in [6.07, 6.45) is 0.552. The van der Waals surface area contributed by atoms with Gasteiger partial charge < -0.3 is 10.0 Å². The van der Waals surface area contributed by atoms with E-state index in [1.54, 1.807) is 22.8 Å². The van der Waals surface area contributed by atoms with E-state index in [0.717, 1.165) is 0 Å². The molecule has 0 atom stereocenters. The fourth-order valence-corrected chi connectivity index (χ4v) is 3.07. The summed E-state index contributed by atoms with van der Waals surface area (Å²) < 4.78 is 15.8. The van der Waals surface area contributed by atoms with Crippen LogP contribution in [-0.4, -0.2) is 51.2 Å². The number of aliphatic hydroxyl groups is 1. The lowest BCUT2D eigenvalue weighted by Gasteiger charge is -2.15. The van der Waals surface area contributed by atoms with Crippen molar-refractivity contribution in [3.05, 3.63) is 76.1 Å². The molecule has 2 aromatic carbocycles. The summed E-state index contributed by atoms with van der Waals surface area (Å²) in [6, 6.07) is 10.5. The summed E-state index contributed by atoms with van der Waals surface area (Å²) in [6.45, 7) is 0.346. The van der Waals surface area contributed by atoms with E-state index in [0.29, 0.717) is 35.3 Å². The number of aromatic nitrogens is 3. The third-order valence-corrected chi connectivity index (χ3v) is 4.52. The molecule has 1 N–H and O–H groups in total. The maximum atomic E-state index is 14.2. The van der Waals surface area contributed by atoms with Gasteiger partial charge in [0, 0.05) is 23.6 Å². The Morgan fingerprint density at radius 1 is 1.14 bits per heavy atom. The standard InChI is InChI=1S/C20H20ClFN4O2/c1-25(2)10-9-18-23-24-19(12-27)26(18)17-8-7-13(21)11-15(17)20(28)14-5-3-4-6-16(14)22/h3-8,11,27H,9-10,12H2,1-2H3. The number of halogens is 2. The second-order valence-electron chi connectivity index (χ2n) is 6.55. The maximum Gasteiger partial charge on any atom is 0.198 e. The number of hydrogen-bond acceptors (Lipinski definition) is 5. The van der Waals surface area contributed by atoms with E-state index >= 15 is 0 Å². The highest BCUT2D eigenvalue weighted by atomic mass is 35.5. The van der Waals surface area contributed by atoms with Crippen molar-refractivity contribution in [3.8, 4) is 5.69 Å². The number of benzene rings is 2. The van der Waals surface area contributed by atoms with Crippen LogP contribution in [0.15, 0.2) is 42.5 Å². The second-order valence-corrected chi connectivity index (χ2v) is 6.99. The first kappa shape index (κ1) is 20.1. The van der Waals surface area contributed by atoms with Gasteiger partial charge in [-0.05, 0) is 44.4 Å². The fourth-order valence-electron chi connectivity index (χ4n) is 2.90. The van der Waals surface area contributed by atoms with Gasteiger partial charge in [-0.3, -0.25) is 9.36 Å². The molecule has 28 heavy (non-hydrogen) atoms. The van der Waals surface area contributed by atoms with Crippen LogP contribution in [0.25, 0.3) is 5.69 Å². The zero-order valence-corrected chi connectivity index (χ0v) is 16.3. The first-order valence-electron chi connectivity index (χ1n) is 8.70. The molecular formula is C20H20ClFN4O2. The van der Waals surface area contributed by atoms with Gasteiger partial charge in [0.05, 0.1) is 11.3 Å². The van der Waals surface area contributed by atoms with Crippen LogP contribution in [0.1, 0.15) is 27.6 Å². The zero-order chi connectivity index (χ0) is 20.3. The van der Waals surface area contributed by atoms with Gasteiger partial charge in [0.1, 0.15) is 18.2 Å². The van der Waals surface area contributed by atoms with Crippen LogP contribution in [0.3, 0.4) is 0 Å². The first-order valence-corrected chi connectivity index (χ1v) is 9.08. The molecule has 0 aliphatic heterocycles. The van der Waals surface area contributed by atoms with E-state index in [4.69, 9.17) is 11.6 Å². The third kappa shape index (κ3) is 4.11. The van der Waals surface area contributed by atoms with Crippen molar-refractivity contribution in [2.24, 2.45) is 0 Å². The zero-order valence-electron chi connectivity index (χ0n) is 15.6. The molecule has 0 aliphatic carbocycles. The molecule has 0 bridgehead atoms. The number of carbonyl (C=O) groups is 1. The van der Waals surface area contributed by atoms with Gasteiger partial charge in [0.15, 0.2) is 11.6 Å². The van der Waals surface area contributed by atoms with Crippen LogP contribution in [0.2, 0.25) is 5.02 Å². The molecule has 0 spiro atoms. The van der Waals surface area contributed by atoms with E-state index in [1.807, 2.05) is 19.0 Å². The van der Waals surface area contributed by atoms with E-state index in [1.165, 1.54) is 24.3 Å². The van der Waals surface area contributed by atoms with Crippen LogP contribution in [-0.2, 0) is 13.0 Å². The highest BCUT2D eigenvalue weighted by Gasteiger charge is 2.22. The maximum absolute atomic E-state index is 14.2. The molecule has 0 radical (unpaired) electrons. The molecule has 3 rings (SSSR count). The number of aliphatic hydroxyl groups excluding tert-OH is 1. The second kappa shape index (κ2) is 8.60. The quantitative estimate of drug-likeness (QED) is 0.615. The molecule has 0 saturated heterocycles. The Balaban J connectivity index is 2.15. The van der Waals surface area contributed by atoms with Gasteiger partial charge in [-0.1, -0.05) is 23.7 Å². The lowest BCUT2D eigenvalue weighted by Crippen LogP contribution is -2.18. The minimum absolute atomic E-state index is 0.0560. The molecule has 6 nitrogen and oxygen atoms in total. The molecule has 0 fully saturated rings. The first-order chi connectivity index (χ1) is 13.4. The van der Waals surface area contributed by atoms with Crippen molar-refractivity contribution < 1.29 is 14.3 Å². The topological polar surface area (TPSA) is 71.2 Å². The number of hydrogen-bond donors (Lipinski definition) is 1. The van der Waals surface area contributed by atoms with E-state index in [-0.39, 0.29) is 17.7 Å². The number of ketones is 1. The Bertz CT molecular complexity index is 1000. The average Bonchev–Trinajstić information content (AvgIpc) is 3.09. The largest absolute Gasteiger partial charge is 0.388 e. The number of rotatable bonds is 7. The van der Waals surface area contributed by atoms with Crippen molar-refractivity contribution >= 4 is 17.4 Å². The Morgan fingerprint density at radius 2 is 1.86 bits per heavy atom. The predicted octanol–water partition coefficient (Wildman–Crippen LogP) is 2.89. The molecule has 1 aromatic heterocycles. The van der Waals surface area contributed by atoms with E-state index < -0.39 is 11.6 Å². The molecule has 0 aliphatic rings. The Hall–Kier alpha value is -2.61. The van der Waals surface area contributed by atoms with Gasteiger partial charge in [0.25, 0.3) is 0 Å². The minimum Gasteiger partial charge on any atom is -0.388 e. The van der Waals surface area contributed by atoms with Gasteiger partial charge in [0.2, 0.25) is 0 Å². The van der Waals surface area contributed by atoms with Crippen molar-refractivity contribution in [1.29, 1.82) is 0 Å². The summed E-state index contributed by atoms with van der Waals surface area (Å²) in [7, 11) is 3.87. The molecule has 0 unspecified atom stereocenters. The normalized spacial score (nSPS) is 11.2. The highest BCUT2D eigenvalue weighted by Crippen LogP contribution is 2.26. The minimum atomic E-state index is -0.614. The van der Waals surface area contributed by atoms with Crippen molar-refractivity contribution in [2.75, 3.05) is 20.6 Å². The van der Waals surface area contributed by atoms with Crippen LogP contribution < -0.4 is 0 Å². The molecule has 8 heteroatoms. The van der Waals surface area contributed by atoms with Crippen LogP contribution in [0, 0.1) is 5.82 Å². The summed E-state index contributed by atoms with van der Waals surface area (Å²) >= 11 is 6.12. The monoisotopic (exact) mass is 402 g/mol. The number of nitrogens with zero attached hydrogens (tertiary/aromatic N) is 4. The van der Waals surface area contributed by atoms with Crippen molar-refractivity contribution in [2.45, 2.75) is 13.0 Å². The van der Waals surface area contributed by atoms with E-state index in [2.05, 4.69) is 10.2 Å². The third-order valence-electron chi connectivity index (χ3n) is 4.28. The molecular weight excluding hydrogens is 383 g/mol. The molecule has 0 amide bonds. The highest BCUT2D eigenvalue weighted by molar-refractivity contribution is 6.31. The number of carbonyl (C=O) groups excluding carboxylic acids is 1. The summed E-state index contributed by atoms with van der Waals surface area (Å²) in [4.78, 5) is 15.1. The molecule has 146 valence electrons. The summed E-state index contributed by atoms with van der Waals surface area (Å²) in [5.74, 6) is -0.245. The number of likely N-dealkylation sites (N-methyl/N-ethyl adjacent to an activating group) is 1. The lowest BCUT2D eigenvalue weighted by molar-refractivity contribution is 0.103. The summed E-state index contributed by atoms with van der Waals surface area (Å²) in [5.41, 5.74) is 0.596. The SMILES string of the molecule is CN(C)CCc1nnc(CO)n1-c1ccc(Cl)cc1C(=O)c1ccccc1F. The molecule has 1 heterocycles. The van der Waals surface area contributed by atoms with Crippen LogP contribution >= 0.6 is 11.6 Å². The fraction of sp³-hybridized carbons (Fsp3) is 0.250. The van der Waals surface area contributed by atoms with Crippen LogP contribution in [0.5, 0.6) is 0 Å². The van der Waals surface area contributed by atoms with Gasteiger partial charge >= 0.3 is 0 Å².